The van der Waals surface area contributed by atoms with Gasteiger partial charge in [0.05, 0.1) is 11.3 Å². The number of hydrogen-bond donors (Lipinski definition) is 1. The summed E-state index contributed by atoms with van der Waals surface area (Å²) in [5.41, 5.74) is 1.77. The van der Waals surface area contributed by atoms with E-state index in [0.717, 1.165) is 15.7 Å². The fourth-order valence-corrected chi connectivity index (χ4v) is 2.21. The van der Waals surface area contributed by atoms with Crippen LogP contribution in [0.2, 0.25) is 5.02 Å². The minimum absolute atomic E-state index is 0.591. The van der Waals surface area contributed by atoms with Crippen LogP contribution in [-0.2, 0) is 6.54 Å². The Balaban J connectivity index is 2.35. The van der Waals surface area contributed by atoms with E-state index in [9.17, 15) is 0 Å². The lowest BCUT2D eigenvalue weighted by molar-refractivity contribution is 0.571. The predicted octanol–water partition coefficient (Wildman–Crippen LogP) is 3.48. The zero-order chi connectivity index (χ0) is 11.5. The van der Waals surface area contributed by atoms with Crippen LogP contribution in [0.3, 0.4) is 0 Å². The lowest BCUT2D eigenvalue weighted by atomic mass is 10.2. The van der Waals surface area contributed by atoms with Crippen molar-refractivity contribution in [3.63, 3.8) is 0 Å². The monoisotopic (exact) mass is 300 g/mol. The number of aromatic nitrogens is 1. The molecular weight excluding hydrogens is 291 g/mol. The molecule has 0 spiro atoms. The van der Waals surface area contributed by atoms with Gasteiger partial charge in [-0.05, 0) is 41.2 Å². The molecule has 0 unspecified atom stereocenters. The Morgan fingerprint density at radius 3 is 3.00 bits per heavy atom. The van der Waals surface area contributed by atoms with Gasteiger partial charge in [0.1, 0.15) is 6.26 Å². The van der Waals surface area contributed by atoms with Crippen LogP contribution < -0.4 is 5.32 Å². The third-order valence-electron chi connectivity index (χ3n) is 2.07. The first-order valence-electron chi connectivity index (χ1n) is 4.75. The van der Waals surface area contributed by atoms with Crippen LogP contribution in [0.15, 0.2) is 33.4 Å². The standard InChI is InChI=1S/C11H10BrClN2O/c1-14-5-8-6-16-11(15-8)9-3-2-7(13)4-10(9)12/h2-4,6,14H,5H2,1H3. The quantitative estimate of drug-likeness (QED) is 0.943. The maximum atomic E-state index is 5.87. The molecule has 84 valence electrons. The molecular formula is C11H10BrClN2O. The number of halogens is 2. The Labute approximate surface area is 107 Å². The van der Waals surface area contributed by atoms with Gasteiger partial charge in [0.25, 0.3) is 0 Å². The van der Waals surface area contributed by atoms with Gasteiger partial charge in [-0.3, -0.25) is 0 Å². The Morgan fingerprint density at radius 2 is 2.31 bits per heavy atom. The molecule has 0 atom stereocenters. The molecule has 0 saturated heterocycles. The van der Waals surface area contributed by atoms with E-state index >= 15 is 0 Å². The third-order valence-corrected chi connectivity index (χ3v) is 2.96. The van der Waals surface area contributed by atoms with E-state index in [0.29, 0.717) is 17.5 Å². The van der Waals surface area contributed by atoms with Crippen molar-refractivity contribution in [2.24, 2.45) is 0 Å². The van der Waals surface area contributed by atoms with Crippen molar-refractivity contribution in [3.05, 3.63) is 39.7 Å². The lowest BCUT2D eigenvalue weighted by Crippen LogP contribution is -2.04. The van der Waals surface area contributed by atoms with Crippen molar-refractivity contribution in [1.29, 1.82) is 0 Å². The Hall–Kier alpha value is -0.840. The summed E-state index contributed by atoms with van der Waals surface area (Å²) in [5, 5.41) is 3.70. The van der Waals surface area contributed by atoms with Crippen molar-refractivity contribution in [2.45, 2.75) is 6.54 Å². The van der Waals surface area contributed by atoms with Crippen molar-refractivity contribution < 1.29 is 4.42 Å². The zero-order valence-corrected chi connectivity index (χ0v) is 11.0. The van der Waals surface area contributed by atoms with Crippen LogP contribution in [0.25, 0.3) is 11.5 Å². The molecule has 0 radical (unpaired) electrons. The van der Waals surface area contributed by atoms with E-state index in [1.165, 1.54) is 0 Å². The average molecular weight is 302 g/mol. The Morgan fingerprint density at radius 1 is 1.50 bits per heavy atom. The van der Waals surface area contributed by atoms with E-state index in [1.807, 2.05) is 25.2 Å². The minimum atomic E-state index is 0.591. The second-order valence-corrected chi connectivity index (χ2v) is 4.59. The van der Waals surface area contributed by atoms with E-state index in [2.05, 4.69) is 26.2 Å². The van der Waals surface area contributed by atoms with Crippen LogP contribution in [0.4, 0.5) is 0 Å². The van der Waals surface area contributed by atoms with Crippen molar-refractivity contribution in [2.75, 3.05) is 7.05 Å². The molecule has 1 heterocycles. The smallest absolute Gasteiger partial charge is 0.227 e. The summed E-state index contributed by atoms with van der Waals surface area (Å²) >= 11 is 9.30. The highest BCUT2D eigenvalue weighted by Gasteiger charge is 2.10. The van der Waals surface area contributed by atoms with Gasteiger partial charge in [0.15, 0.2) is 0 Å². The van der Waals surface area contributed by atoms with Gasteiger partial charge in [-0.1, -0.05) is 11.6 Å². The first kappa shape index (κ1) is 11.6. The zero-order valence-electron chi connectivity index (χ0n) is 8.63. The van der Waals surface area contributed by atoms with Gasteiger partial charge in [-0.15, -0.1) is 0 Å². The maximum absolute atomic E-state index is 5.87. The summed E-state index contributed by atoms with van der Waals surface area (Å²) in [5.74, 6) is 0.591. The summed E-state index contributed by atoms with van der Waals surface area (Å²) in [6, 6.07) is 5.50. The first-order chi connectivity index (χ1) is 7.70. The summed E-state index contributed by atoms with van der Waals surface area (Å²) in [7, 11) is 1.87. The maximum Gasteiger partial charge on any atom is 0.227 e. The topological polar surface area (TPSA) is 38.1 Å². The van der Waals surface area contributed by atoms with Crippen molar-refractivity contribution in [1.82, 2.24) is 10.3 Å². The molecule has 0 fully saturated rings. The average Bonchev–Trinajstić information content (AvgIpc) is 2.67. The molecule has 3 nitrogen and oxygen atoms in total. The second kappa shape index (κ2) is 4.99. The lowest BCUT2D eigenvalue weighted by Gasteiger charge is -1.99. The summed E-state index contributed by atoms with van der Waals surface area (Å²) in [4.78, 5) is 4.36. The normalized spacial score (nSPS) is 10.7. The summed E-state index contributed by atoms with van der Waals surface area (Å²) in [6.45, 7) is 0.689. The number of nitrogens with zero attached hydrogens (tertiary/aromatic N) is 1. The number of nitrogens with one attached hydrogen (secondary N) is 1. The molecule has 0 aliphatic heterocycles. The molecule has 16 heavy (non-hydrogen) atoms. The van der Waals surface area contributed by atoms with Gasteiger partial charge >= 0.3 is 0 Å². The van der Waals surface area contributed by atoms with E-state index in [-0.39, 0.29) is 0 Å². The van der Waals surface area contributed by atoms with Crippen LogP contribution in [0, 0.1) is 0 Å². The van der Waals surface area contributed by atoms with Gasteiger partial charge in [-0.25, -0.2) is 4.98 Å². The Kier molecular flexibility index (Phi) is 3.63. The van der Waals surface area contributed by atoms with Gasteiger partial charge in [0.2, 0.25) is 5.89 Å². The van der Waals surface area contributed by atoms with E-state index in [1.54, 1.807) is 6.26 Å². The molecule has 5 heteroatoms. The highest BCUT2D eigenvalue weighted by molar-refractivity contribution is 9.10. The largest absolute Gasteiger partial charge is 0.444 e. The SMILES string of the molecule is CNCc1coc(-c2ccc(Cl)cc2Br)n1. The molecule has 0 amide bonds. The molecule has 1 aromatic heterocycles. The molecule has 0 aliphatic rings. The summed E-state index contributed by atoms with van der Waals surface area (Å²) in [6.07, 6.45) is 1.65. The number of oxazole rings is 1. The van der Waals surface area contributed by atoms with Crippen LogP contribution in [0.1, 0.15) is 5.69 Å². The van der Waals surface area contributed by atoms with Gasteiger partial charge < -0.3 is 9.73 Å². The molecule has 0 saturated carbocycles. The fraction of sp³-hybridized carbons (Fsp3) is 0.182. The molecule has 0 bridgehead atoms. The highest BCUT2D eigenvalue weighted by atomic mass is 79.9. The Bertz CT molecular complexity index is 498. The highest BCUT2D eigenvalue weighted by Crippen LogP contribution is 2.29. The molecule has 1 aromatic carbocycles. The fourth-order valence-electron chi connectivity index (χ4n) is 1.36. The molecule has 0 aliphatic carbocycles. The third kappa shape index (κ3) is 2.45. The predicted molar refractivity (Wildman–Crippen MR) is 67.4 cm³/mol. The second-order valence-electron chi connectivity index (χ2n) is 3.30. The van der Waals surface area contributed by atoms with Crippen molar-refractivity contribution >= 4 is 27.5 Å². The number of rotatable bonds is 3. The number of hydrogen-bond acceptors (Lipinski definition) is 3. The van der Waals surface area contributed by atoms with Crippen LogP contribution >= 0.6 is 27.5 Å². The molecule has 2 aromatic rings. The van der Waals surface area contributed by atoms with Crippen molar-refractivity contribution in [3.8, 4) is 11.5 Å². The first-order valence-corrected chi connectivity index (χ1v) is 5.92. The molecule has 2 rings (SSSR count). The van der Waals surface area contributed by atoms with Gasteiger partial charge in [-0.2, -0.15) is 0 Å². The van der Waals surface area contributed by atoms with Gasteiger partial charge in [0, 0.05) is 16.0 Å². The van der Waals surface area contributed by atoms with E-state index in [4.69, 9.17) is 16.0 Å². The van der Waals surface area contributed by atoms with Crippen LogP contribution in [0.5, 0.6) is 0 Å². The van der Waals surface area contributed by atoms with E-state index < -0.39 is 0 Å². The summed E-state index contributed by atoms with van der Waals surface area (Å²) < 4.78 is 6.27. The van der Waals surface area contributed by atoms with Crippen LogP contribution in [-0.4, -0.2) is 12.0 Å². The minimum Gasteiger partial charge on any atom is -0.444 e. The molecule has 1 N–H and O–H groups in total. The number of benzene rings is 1.